The maximum absolute atomic E-state index is 5.60. The largest absolute Gasteiger partial charge is 0.388 e. The van der Waals surface area contributed by atoms with Crippen LogP contribution in [0.25, 0.3) is 0 Å². The van der Waals surface area contributed by atoms with Crippen molar-refractivity contribution in [2.75, 3.05) is 5.32 Å². The zero-order chi connectivity index (χ0) is 13.0. The normalized spacial score (nSPS) is 18.3. The number of nitrogens with one attached hydrogen (secondary N) is 1. The van der Waals surface area contributed by atoms with E-state index in [2.05, 4.69) is 17.2 Å². The Bertz CT molecular complexity index is 413. The molecule has 4 heteroatoms. The summed E-state index contributed by atoms with van der Waals surface area (Å²) >= 11 is 4.95. The van der Waals surface area contributed by atoms with Gasteiger partial charge in [-0.25, -0.2) is 4.98 Å². The molecular formula is C14H21N3S. The van der Waals surface area contributed by atoms with Gasteiger partial charge in [-0.3, -0.25) is 0 Å². The predicted molar refractivity (Wildman–Crippen MR) is 79.8 cm³/mol. The van der Waals surface area contributed by atoms with Crippen molar-refractivity contribution in [1.82, 2.24) is 4.98 Å². The lowest BCUT2D eigenvalue weighted by Gasteiger charge is -2.28. The lowest BCUT2D eigenvalue weighted by Crippen LogP contribution is -2.28. The SMILES string of the molecule is CC(Nc1cccc(C(N)=S)n1)C1CCCCC1. The van der Waals surface area contributed by atoms with Gasteiger partial charge in [0.2, 0.25) is 0 Å². The quantitative estimate of drug-likeness (QED) is 0.820. The molecule has 0 spiro atoms. The molecule has 18 heavy (non-hydrogen) atoms. The Labute approximate surface area is 114 Å². The summed E-state index contributed by atoms with van der Waals surface area (Å²) in [5, 5.41) is 3.48. The molecule has 0 aromatic carbocycles. The van der Waals surface area contributed by atoms with Gasteiger partial charge in [-0.15, -0.1) is 0 Å². The molecule has 0 saturated heterocycles. The molecule has 3 N–H and O–H groups in total. The van der Waals surface area contributed by atoms with Crippen molar-refractivity contribution in [3.05, 3.63) is 23.9 Å². The average Bonchev–Trinajstić information content (AvgIpc) is 2.40. The highest BCUT2D eigenvalue weighted by Gasteiger charge is 2.20. The second-order valence-electron chi connectivity index (χ2n) is 5.10. The number of anilines is 1. The number of pyridine rings is 1. The van der Waals surface area contributed by atoms with Crippen LogP contribution < -0.4 is 11.1 Å². The first-order chi connectivity index (χ1) is 8.66. The molecule has 1 heterocycles. The second-order valence-corrected chi connectivity index (χ2v) is 5.54. The first-order valence-electron chi connectivity index (χ1n) is 6.70. The third-order valence-corrected chi connectivity index (χ3v) is 3.94. The van der Waals surface area contributed by atoms with Crippen LogP contribution in [-0.4, -0.2) is 16.0 Å². The fraction of sp³-hybridized carbons (Fsp3) is 0.571. The fourth-order valence-electron chi connectivity index (χ4n) is 2.64. The lowest BCUT2D eigenvalue weighted by atomic mass is 9.84. The molecule has 1 aliphatic carbocycles. The summed E-state index contributed by atoms with van der Waals surface area (Å²) in [7, 11) is 0. The van der Waals surface area contributed by atoms with Crippen LogP contribution in [0.5, 0.6) is 0 Å². The minimum absolute atomic E-state index is 0.351. The molecule has 2 rings (SSSR count). The van der Waals surface area contributed by atoms with Crippen LogP contribution in [0.4, 0.5) is 5.82 Å². The molecule has 3 nitrogen and oxygen atoms in total. The Kier molecular flexibility index (Phi) is 4.53. The Morgan fingerprint density at radius 2 is 2.11 bits per heavy atom. The van der Waals surface area contributed by atoms with E-state index in [1.54, 1.807) is 0 Å². The van der Waals surface area contributed by atoms with E-state index in [-0.39, 0.29) is 0 Å². The molecule has 0 amide bonds. The minimum Gasteiger partial charge on any atom is -0.388 e. The van der Waals surface area contributed by atoms with E-state index in [1.165, 1.54) is 32.1 Å². The van der Waals surface area contributed by atoms with Gasteiger partial charge in [0.1, 0.15) is 10.8 Å². The van der Waals surface area contributed by atoms with Gasteiger partial charge in [0, 0.05) is 6.04 Å². The van der Waals surface area contributed by atoms with E-state index in [1.807, 2.05) is 18.2 Å². The number of nitrogens with zero attached hydrogens (tertiary/aromatic N) is 1. The summed E-state index contributed by atoms with van der Waals surface area (Å²) in [6, 6.07) is 6.22. The molecule has 1 atom stereocenters. The van der Waals surface area contributed by atoms with Gasteiger partial charge in [-0.05, 0) is 37.8 Å². The molecule has 1 fully saturated rings. The summed E-state index contributed by atoms with van der Waals surface area (Å²) in [5.74, 6) is 1.63. The minimum atomic E-state index is 0.351. The van der Waals surface area contributed by atoms with Crippen LogP contribution in [0.2, 0.25) is 0 Å². The summed E-state index contributed by atoms with van der Waals surface area (Å²) in [4.78, 5) is 4.78. The van der Waals surface area contributed by atoms with Gasteiger partial charge in [0.05, 0.1) is 5.69 Å². The molecule has 1 aliphatic rings. The monoisotopic (exact) mass is 263 g/mol. The van der Waals surface area contributed by atoms with Crippen molar-refractivity contribution in [3.8, 4) is 0 Å². The molecular weight excluding hydrogens is 242 g/mol. The number of hydrogen-bond donors (Lipinski definition) is 2. The predicted octanol–water partition coefficient (Wildman–Crippen LogP) is 3.10. The maximum Gasteiger partial charge on any atom is 0.126 e. The third kappa shape index (κ3) is 3.42. The topological polar surface area (TPSA) is 50.9 Å². The second kappa shape index (κ2) is 6.14. The van der Waals surface area contributed by atoms with Crippen LogP contribution in [0.15, 0.2) is 18.2 Å². The van der Waals surface area contributed by atoms with Crippen molar-refractivity contribution in [2.45, 2.75) is 45.1 Å². The average molecular weight is 263 g/mol. The van der Waals surface area contributed by atoms with Crippen molar-refractivity contribution in [3.63, 3.8) is 0 Å². The molecule has 98 valence electrons. The zero-order valence-electron chi connectivity index (χ0n) is 10.9. The smallest absolute Gasteiger partial charge is 0.126 e. The van der Waals surface area contributed by atoms with Crippen LogP contribution in [0.3, 0.4) is 0 Å². The molecule has 1 unspecified atom stereocenters. The van der Waals surface area contributed by atoms with E-state index in [9.17, 15) is 0 Å². The first-order valence-corrected chi connectivity index (χ1v) is 7.11. The summed E-state index contributed by atoms with van der Waals surface area (Å²) in [6.45, 7) is 2.24. The molecule has 0 aliphatic heterocycles. The highest BCUT2D eigenvalue weighted by Crippen LogP contribution is 2.27. The van der Waals surface area contributed by atoms with E-state index in [0.29, 0.717) is 16.7 Å². The van der Waals surface area contributed by atoms with Crippen molar-refractivity contribution >= 4 is 23.0 Å². The van der Waals surface area contributed by atoms with Gasteiger partial charge in [0.25, 0.3) is 0 Å². The Balaban J connectivity index is 1.99. The highest BCUT2D eigenvalue weighted by molar-refractivity contribution is 7.80. The molecule has 0 bridgehead atoms. The van der Waals surface area contributed by atoms with Crippen molar-refractivity contribution < 1.29 is 0 Å². The van der Waals surface area contributed by atoms with Crippen LogP contribution in [0.1, 0.15) is 44.7 Å². The highest BCUT2D eigenvalue weighted by atomic mass is 32.1. The van der Waals surface area contributed by atoms with Gasteiger partial charge in [-0.1, -0.05) is 37.5 Å². The van der Waals surface area contributed by atoms with Crippen molar-refractivity contribution in [2.24, 2.45) is 11.7 Å². The maximum atomic E-state index is 5.60. The van der Waals surface area contributed by atoms with Gasteiger partial charge in [-0.2, -0.15) is 0 Å². The van der Waals surface area contributed by atoms with Gasteiger partial charge in [0.15, 0.2) is 0 Å². The van der Waals surface area contributed by atoms with E-state index in [4.69, 9.17) is 18.0 Å². The molecule has 1 aromatic heterocycles. The van der Waals surface area contributed by atoms with E-state index in [0.717, 1.165) is 11.7 Å². The Hall–Kier alpha value is -1.16. The molecule has 1 saturated carbocycles. The lowest BCUT2D eigenvalue weighted by molar-refractivity contribution is 0.328. The third-order valence-electron chi connectivity index (χ3n) is 3.73. The van der Waals surface area contributed by atoms with Crippen molar-refractivity contribution in [1.29, 1.82) is 0 Å². The standard InChI is InChI=1S/C14H21N3S/c1-10(11-6-3-2-4-7-11)16-13-9-5-8-12(17-13)14(15)18/h5,8-11H,2-4,6-7H2,1H3,(H2,15,18)(H,16,17). The van der Waals surface area contributed by atoms with E-state index >= 15 is 0 Å². The van der Waals surface area contributed by atoms with E-state index < -0.39 is 0 Å². The zero-order valence-corrected chi connectivity index (χ0v) is 11.7. The number of hydrogen-bond acceptors (Lipinski definition) is 3. The van der Waals surface area contributed by atoms with Gasteiger partial charge >= 0.3 is 0 Å². The number of rotatable bonds is 4. The number of aromatic nitrogens is 1. The number of thiocarbonyl (C=S) groups is 1. The first kappa shape index (κ1) is 13.3. The van der Waals surface area contributed by atoms with Crippen LogP contribution >= 0.6 is 12.2 Å². The summed E-state index contributed by atoms with van der Waals surface area (Å²) < 4.78 is 0. The Morgan fingerprint density at radius 3 is 2.78 bits per heavy atom. The van der Waals surface area contributed by atoms with Crippen LogP contribution in [0, 0.1) is 5.92 Å². The number of nitrogens with two attached hydrogens (primary N) is 1. The van der Waals surface area contributed by atoms with Gasteiger partial charge < -0.3 is 11.1 Å². The fourth-order valence-corrected chi connectivity index (χ4v) is 2.75. The molecule has 0 radical (unpaired) electrons. The molecule has 1 aromatic rings. The van der Waals surface area contributed by atoms with Crippen LogP contribution in [-0.2, 0) is 0 Å². The Morgan fingerprint density at radius 1 is 1.39 bits per heavy atom. The summed E-state index contributed by atoms with van der Waals surface area (Å²) in [5.41, 5.74) is 6.28. The summed E-state index contributed by atoms with van der Waals surface area (Å²) in [6.07, 6.45) is 6.75.